The average Bonchev–Trinajstić information content (AvgIpc) is 2.93. The number of ether oxygens (including phenoxy) is 4. The number of aliphatic hydroxyl groups is 4. The number of carboxylic acid groups (broad SMARTS) is 1. The Bertz CT molecular complexity index is 1010. The maximum atomic E-state index is 12.3. The van der Waals surface area contributed by atoms with E-state index in [1.807, 2.05) is 0 Å². The fraction of sp³-hybridized carbons (Fsp3) is 0.560. The van der Waals surface area contributed by atoms with Crippen LogP contribution in [-0.4, -0.2) is 131 Å². The van der Waals surface area contributed by atoms with Crippen molar-refractivity contribution < 1.29 is 64.0 Å². The van der Waals surface area contributed by atoms with E-state index >= 15 is 0 Å². The van der Waals surface area contributed by atoms with E-state index in [-0.39, 0.29) is 44.3 Å². The van der Waals surface area contributed by atoms with Crippen molar-refractivity contribution in [3.05, 3.63) is 29.8 Å². The molecule has 2 rings (SSSR count). The molecule has 1 heterocycles. The van der Waals surface area contributed by atoms with Gasteiger partial charge in [0.15, 0.2) is 0 Å². The van der Waals surface area contributed by atoms with Gasteiger partial charge in [-0.15, -0.1) is 6.42 Å². The van der Waals surface area contributed by atoms with Crippen LogP contribution < -0.4 is 10.6 Å². The normalized spacial score (nSPS) is 23.9. The molecule has 0 saturated carbocycles. The number of hydrogen-bond acceptors (Lipinski definition) is 12. The van der Waals surface area contributed by atoms with E-state index in [1.54, 1.807) is 0 Å². The second kappa shape index (κ2) is 16.1. The standard InChI is InChI=1S/C25H34N2O13/c1-2-7-37-8-9-38-10-11-39-25(24(35)36)12-17(30)20(27-19(32)14-28)22(40-25)21(33)18(31)13-26-23(34)15-3-5-16(29)6-4-15/h1,3-6,17-18,20-22,28-31,33H,7-14H2,(H,26,34)(H,27,32)(H,35,36)/t17-,18+,20+,21+,22+,25+/m0/s1. The van der Waals surface area contributed by atoms with E-state index in [2.05, 4.69) is 16.6 Å². The second-order valence-corrected chi connectivity index (χ2v) is 8.70. The summed E-state index contributed by atoms with van der Waals surface area (Å²) in [5.74, 6) is -3.59. The van der Waals surface area contributed by atoms with Gasteiger partial charge in [0.2, 0.25) is 5.91 Å². The van der Waals surface area contributed by atoms with Crippen LogP contribution in [0.15, 0.2) is 24.3 Å². The van der Waals surface area contributed by atoms with Crippen LogP contribution in [-0.2, 0) is 28.5 Å². The van der Waals surface area contributed by atoms with Gasteiger partial charge in [-0.3, -0.25) is 9.59 Å². The van der Waals surface area contributed by atoms with Gasteiger partial charge in [-0.2, -0.15) is 0 Å². The van der Waals surface area contributed by atoms with Crippen molar-refractivity contribution in [2.24, 2.45) is 0 Å². The minimum Gasteiger partial charge on any atom is -0.508 e. The predicted molar refractivity (Wildman–Crippen MR) is 134 cm³/mol. The molecular formula is C25H34N2O13. The zero-order valence-corrected chi connectivity index (χ0v) is 21.5. The van der Waals surface area contributed by atoms with Crippen LogP contribution in [0.1, 0.15) is 16.8 Å². The Kier molecular flexibility index (Phi) is 13.2. The molecule has 1 aromatic carbocycles. The molecule has 0 spiro atoms. The van der Waals surface area contributed by atoms with Gasteiger partial charge in [0, 0.05) is 18.5 Å². The van der Waals surface area contributed by atoms with E-state index in [9.17, 15) is 39.9 Å². The second-order valence-electron chi connectivity index (χ2n) is 8.70. The van der Waals surface area contributed by atoms with Gasteiger partial charge in [-0.1, -0.05) is 5.92 Å². The number of hydrogen-bond donors (Lipinski definition) is 8. The molecule has 1 saturated heterocycles. The number of carbonyl (C=O) groups is 3. The highest BCUT2D eigenvalue weighted by Gasteiger charge is 2.55. The summed E-state index contributed by atoms with van der Waals surface area (Å²) in [5, 5.41) is 65.2. The Balaban J connectivity index is 2.11. The minimum absolute atomic E-state index is 0.0687. The Morgan fingerprint density at radius 1 is 1.12 bits per heavy atom. The van der Waals surface area contributed by atoms with Crippen molar-refractivity contribution in [2.75, 3.05) is 46.2 Å². The van der Waals surface area contributed by atoms with E-state index in [0.717, 1.165) is 0 Å². The Morgan fingerprint density at radius 3 is 2.40 bits per heavy atom. The molecule has 222 valence electrons. The molecule has 6 atom stereocenters. The number of rotatable bonds is 16. The van der Waals surface area contributed by atoms with Crippen LogP contribution in [0.5, 0.6) is 5.75 Å². The molecule has 15 heteroatoms. The van der Waals surface area contributed by atoms with E-state index < -0.39 is 73.6 Å². The van der Waals surface area contributed by atoms with Gasteiger partial charge < -0.3 is 60.2 Å². The van der Waals surface area contributed by atoms with Crippen molar-refractivity contribution in [1.29, 1.82) is 0 Å². The number of nitrogens with one attached hydrogen (secondary N) is 2. The minimum atomic E-state index is -2.51. The molecule has 15 nitrogen and oxygen atoms in total. The maximum Gasteiger partial charge on any atom is 0.364 e. The highest BCUT2D eigenvalue weighted by atomic mass is 16.7. The summed E-state index contributed by atoms with van der Waals surface area (Å²) >= 11 is 0. The lowest BCUT2D eigenvalue weighted by atomic mass is 9.88. The van der Waals surface area contributed by atoms with Gasteiger partial charge in [-0.05, 0) is 24.3 Å². The lowest BCUT2D eigenvalue weighted by Crippen LogP contribution is -2.68. The molecule has 2 amide bonds. The van der Waals surface area contributed by atoms with Crippen LogP contribution in [0, 0.1) is 12.3 Å². The van der Waals surface area contributed by atoms with Crippen LogP contribution in [0.25, 0.3) is 0 Å². The van der Waals surface area contributed by atoms with E-state index in [0.29, 0.717) is 0 Å². The first-order chi connectivity index (χ1) is 19.0. The van der Waals surface area contributed by atoms with Gasteiger partial charge in [0.1, 0.15) is 31.2 Å². The largest absolute Gasteiger partial charge is 0.508 e. The predicted octanol–water partition coefficient (Wildman–Crippen LogP) is -3.07. The van der Waals surface area contributed by atoms with Crippen molar-refractivity contribution in [1.82, 2.24) is 10.6 Å². The number of terminal acetylenes is 1. The lowest BCUT2D eigenvalue weighted by Gasteiger charge is -2.46. The summed E-state index contributed by atoms with van der Waals surface area (Å²) in [7, 11) is 0. The SMILES string of the molecule is C#CCOCCOCCO[C@]1(C(=O)O)C[C@H](O)[C@@H](NC(=O)CO)[C@H]([C@H](O)[C@H](O)CNC(=O)c2ccc(O)cc2)O1. The number of amides is 2. The Hall–Kier alpha value is -3.33. The van der Waals surface area contributed by atoms with Crippen LogP contribution in [0.2, 0.25) is 0 Å². The third-order valence-corrected chi connectivity index (χ3v) is 5.82. The number of benzene rings is 1. The molecule has 0 bridgehead atoms. The molecule has 8 N–H and O–H groups in total. The van der Waals surface area contributed by atoms with Crippen molar-refractivity contribution >= 4 is 17.8 Å². The summed E-state index contributed by atoms with van der Waals surface area (Å²) in [4.78, 5) is 36.4. The molecule has 0 aromatic heterocycles. The zero-order valence-electron chi connectivity index (χ0n) is 21.5. The number of carboxylic acids is 1. The number of phenols is 1. The maximum absolute atomic E-state index is 12.3. The first-order valence-corrected chi connectivity index (χ1v) is 12.2. The quantitative estimate of drug-likeness (QED) is 0.0729. The van der Waals surface area contributed by atoms with Crippen LogP contribution in [0.4, 0.5) is 0 Å². The number of aliphatic carboxylic acids is 1. The molecule has 0 unspecified atom stereocenters. The molecular weight excluding hydrogens is 536 g/mol. The monoisotopic (exact) mass is 570 g/mol. The average molecular weight is 571 g/mol. The summed E-state index contributed by atoms with van der Waals surface area (Å²) in [5.41, 5.74) is 0.139. The lowest BCUT2D eigenvalue weighted by molar-refractivity contribution is -0.312. The first kappa shape index (κ1) is 32.9. The third-order valence-electron chi connectivity index (χ3n) is 5.82. The summed E-state index contributed by atoms with van der Waals surface area (Å²) in [6, 6.07) is 3.71. The fourth-order valence-electron chi connectivity index (χ4n) is 3.82. The molecule has 40 heavy (non-hydrogen) atoms. The van der Waals surface area contributed by atoms with Gasteiger partial charge >= 0.3 is 5.97 Å². The number of aliphatic hydroxyl groups excluding tert-OH is 4. The number of aromatic hydroxyl groups is 1. The zero-order chi connectivity index (χ0) is 29.7. The van der Waals surface area contributed by atoms with Gasteiger partial charge in [0.05, 0.1) is 44.7 Å². The first-order valence-electron chi connectivity index (χ1n) is 12.2. The molecule has 1 fully saturated rings. The van der Waals surface area contributed by atoms with Crippen LogP contribution >= 0.6 is 0 Å². The molecule has 1 aliphatic heterocycles. The van der Waals surface area contributed by atoms with Gasteiger partial charge in [-0.25, -0.2) is 4.79 Å². The Morgan fingerprint density at radius 2 is 1.77 bits per heavy atom. The summed E-state index contributed by atoms with van der Waals surface area (Å²) in [6.45, 7) is -1.54. The number of phenolic OH excluding ortho intramolecular Hbond substituents is 1. The van der Waals surface area contributed by atoms with E-state index in [4.69, 9.17) is 30.5 Å². The smallest absolute Gasteiger partial charge is 0.364 e. The summed E-state index contributed by atoms with van der Waals surface area (Å²) < 4.78 is 21.3. The molecule has 1 aliphatic rings. The summed E-state index contributed by atoms with van der Waals surface area (Å²) in [6.07, 6.45) is -2.81. The van der Waals surface area contributed by atoms with Crippen LogP contribution in [0.3, 0.4) is 0 Å². The fourth-order valence-corrected chi connectivity index (χ4v) is 3.82. The van der Waals surface area contributed by atoms with Crippen molar-refractivity contribution in [3.8, 4) is 18.1 Å². The molecule has 1 aromatic rings. The van der Waals surface area contributed by atoms with Crippen molar-refractivity contribution in [2.45, 2.75) is 42.7 Å². The molecule has 0 aliphatic carbocycles. The third kappa shape index (κ3) is 9.40. The van der Waals surface area contributed by atoms with Gasteiger partial charge in [0.25, 0.3) is 11.7 Å². The van der Waals surface area contributed by atoms with E-state index in [1.165, 1.54) is 24.3 Å². The topological polar surface area (TPSA) is 234 Å². The highest BCUT2D eigenvalue weighted by molar-refractivity contribution is 5.94. The number of carbonyl (C=O) groups excluding carboxylic acids is 2. The highest BCUT2D eigenvalue weighted by Crippen LogP contribution is 2.33. The molecule has 0 radical (unpaired) electrons. The Labute approximate surface area is 229 Å². The van der Waals surface area contributed by atoms with Crippen molar-refractivity contribution in [3.63, 3.8) is 0 Å².